The minimum atomic E-state index is 0.113. The van der Waals surface area contributed by atoms with Gasteiger partial charge >= 0.3 is 0 Å². The maximum Gasteiger partial charge on any atom is 0.228 e. The molecule has 1 aliphatic carbocycles. The van der Waals surface area contributed by atoms with Gasteiger partial charge in [0, 0.05) is 63.8 Å². The number of hydrogen-bond donors (Lipinski definition) is 0. The van der Waals surface area contributed by atoms with Crippen LogP contribution in [0.4, 0.5) is 5.95 Å². The highest BCUT2D eigenvalue weighted by atomic mass is 16.5. The molecule has 7 heteroatoms. The number of carbonyl (C=O) groups is 1. The van der Waals surface area contributed by atoms with E-state index in [2.05, 4.69) is 19.8 Å². The van der Waals surface area contributed by atoms with Crippen molar-refractivity contribution in [2.75, 3.05) is 50.8 Å². The summed E-state index contributed by atoms with van der Waals surface area (Å²) >= 11 is 0. The molecule has 2 saturated heterocycles. The Kier molecular flexibility index (Phi) is 5.09. The van der Waals surface area contributed by atoms with Gasteiger partial charge in [0.25, 0.3) is 0 Å². The molecule has 1 saturated carbocycles. The zero-order valence-corrected chi connectivity index (χ0v) is 15.8. The fourth-order valence-electron chi connectivity index (χ4n) is 4.18. The molecule has 1 aromatic heterocycles. The van der Waals surface area contributed by atoms with E-state index in [1.807, 2.05) is 31.0 Å². The quantitative estimate of drug-likeness (QED) is 0.780. The molecule has 7 nitrogen and oxygen atoms in total. The summed E-state index contributed by atoms with van der Waals surface area (Å²) in [5.41, 5.74) is 1.01. The molecule has 3 unspecified atom stereocenters. The summed E-state index contributed by atoms with van der Waals surface area (Å²) in [7, 11) is 0. The van der Waals surface area contributed by atoms with E-state index in [0.717, 1.165) is 63.8 Å². The molecule has 142 valence electrons. The van der Waals surface area contributed by atoms with Crippen LogP contribution in [0.15, 0.2) is 12.3 Å². The second kappa shape index (κ2) is 7.48. The highest BCUT2D eigenvalue weighted by Gasteiger charge is 2.46. The van der Waals surface area contributed by atoms with Gasteiger partial charge in [-0.15, -0.1) is 0 Å². The predicted octanol–water partition coefficient (Wildman–Crippen LogP) is 0.933. The van der Waals surface area contributed by atoms with E-state index in [-0.39, 0.29) is 12.0 Å². The minimum absolute atomic E-state index is 0.113. The largest absolute Gasteiger partial charge is 0.378 e. The average Bonchev–Trinajstić information content (AvgIpc) is 3.25. The van der Waals surface area contributed by atoms with E-state index in [1.54, 1.807) is 0 Å². The number of amides is 1. The Morgan fingerprint density at radius 3 is 2.81 bits per heavy atom. The van der Waals surface area contributed by atoms with Crippen molar-refractivity contribution in [2.24, 2.45) is 5.92 Å². The SMILES string of the molecule is CCOC1CC1C(=O)N1CCN(C2CCN(c3nccc(C)n3)C2)CC1. The lowest BCUT2D eigenvalue weighted by Gasteiger charge is -2.38. The molecule has 3 atom stereocenters. The Balaban J connectivity index is 1.26. The van der Waals surface area contributed by atoms with Gasteiger partial charge in [-0.2, -0.15) is 0 Å². The van der Waals surface area contributed by atoms with Crippen LogP contribution in [0.3, 0.4) is 0 Å². The predicted molar refractivity (Wildman–Crippen MR) is 99.1 cm³/mol. The standard InChI is InChI=1S/C19H29N5O2/c1-3-26-17-12-16(17)18(25)23-10-8-22(9-11-23)15-5-7-24(13-15)19-20-6-4-14(2)21-19/h4,6,15-17H,3,5,7-13H2,1-2H3. The van der Waals surface area contributed by atoms with Gasteiger partial charge < -0.3 is 14.5 Å². The Morgan fingerprint density at radius 1 is 1.27 bits per heavy atom. The third-order valence-corrected chi connectivity index (χ3v) is 5.80. The highest BCUT2D eigenvalue weighted by Crippen LogP contribution is 2.35. The van der Waals surface area contributed by atoms with Gasteiger partial charge in [-0.05, 0) is 32.8 Å². The number of anilines is 1. The molecule has 1 aromatic rings. The summed E-state index contributed by atoms with van der Waals surface area (Å²) in [6, 6.07) is 2.47. The number of rotatable bonds is 5. The number of aromatic nitrogens is 2. The third kappa shape index (κ3) is 3.69. The van der Waals surface area contributed by atoms with Crippen molar-refractivity contribution in [3.63, 3.8) is 0 Å². The maximum absolute atomic E-state index is 12.5. The minimum Gasteiger partial charge on any atom is -0.378 e. The van der Waals surface area contributed by atoms with Crippen LogP contribution in [0.25, 0.3) is 0 Å². The van der Waals surface area contributed by atoms with Gasteiger partial charge in [-0.25, -0.2) is 9.97 Å². The molecule has 0 bridgehead atoms. The van der Waals surface area contributed by atoms with E-state index in [1.165, 1.54) is 0 Å². The van der Waals surface area contributed by atoms with E-state index in [4.69, 9.17) is 4.74 Å². The smallest absolute Gasteiger partial charge is 0.228 e. The van der Waals surface area contributed by atoms with Crippen LogP contribution < -0.4 is 4.90 Å². The van der Waals surface area contributed by atoms with Crippen LogP contribution >= 0.6 is 0 Å². The Hall–Kier alpha value is -1.73. The molecular formula is C19H29N5O2. The summed E-state index contributed by atoms with van der Waals surface area (Å²) in [5.74, 6) is 1.25. The van der Waals surface area contributed by atoms with Crippen LogP contribution in [0.2, 0.25) is 0 Å². The molecule has 2 aliphatic heterocycles. The second-order valence-corrected chi connectivity index (χ2v) is 7.58. The van der Waals surface area contributed by atoms with E-state index in [0.29, 0.717) is 18.6 Å². The van der Waals surface area contributed by atoms with Crippen LogP contribution in [-0.4, -0.2) is 83.7 Å². The topological polar surface area (TPSA) is 61.8 Å². The molecule has 0 aromatic carbocycles. The number of aryl methyl sites for hydroxylation is 1. The summed E-state index contributed by atoms with van der Waals surface area (Å²) in [4.78, 5) is 28.4. The lowest BCUT2D eigenvalue weighted by Crippen LogP contribution is -2.53. The van der Waals surface area contributed by atoms with Crippen LogP contribution in [0.5, 0.6) is 0 Å². The second-order valence-electron chi connectivity index (χ2n) is 7.58. The Bertz CT molecular complexity index is 647. The monoisotopic (exact) mass is 359 g/mol. The number of ether oxygens (including phenoxy) is 1. The molecule has 3 fully saturated rings. The van der Waals surface area contributed by atoms with Crippen molar-refractivity contribution in [1.29, 1.82) is 0 Å². The zero-order chi connectivity index (χ0) is 18.1. The third-order valence-electron chi connectivity index (χ3n) is 5.80. The summed E-state index contributed by atoms with van der Waals surface area (Å²) < 4.78 is 5.57. The van der Waals surface area contributed by atoms with Crippen LogP contribution in [-0.2, 0) is 9.53 Å². The van der Waals surface area contributed by atoms with Crippen molar-refractivity contribution in [2.45, 2.75) is 38.8 Å². The van der Waals surface area contributed by atoms with Gasteiger partial charge in [0.2, 0.25) is 11.9 Å². The number of hydrogen-bond acceptors (Lipinski definition) is 6. The molecular weight excluding hydrogens is 330 g/mol. The first kappa shape index (κ1) is 17.7. The molecule has 0 spiro atoms. The summed E-state index contributed by atoms with van der Waals surface area (Å²) in [6.07, 6.45) is 4.05. The number of piperazine rings is 1. The number of carbonyl (C=O) groups excluding carboxylic acids is 1. The Morgan fingerprint density at radius 2 is 2.08 bits per heavy atom. The maximum atomic E-state index is 12.5. The fourth-order valence-corrected chi connectivity index (χ4v) is 4.18. The molecule has 3 heterocycles. The number of nitrogens with zero attached hydrogens (tertiary/aromatic N) is 5. The van der Waals surface area contributed by atoms with Gasteiger partial charge in [-0.1, -0.05) is 0 Å². The van der Waals surface area contributed by atoms with Gasteiger partial charge in [0.15, 0.2) is 0 Å². The summed E-state index contributed by atoms with van der Waals surface area (Å²) in [6.45, 7) is 10.3. The molecule has 1 amide bonds. The first-order valence-corrected chi connectivity index (χ1v) is 9.84. The van der Waals surface area contributed by atoms with Crippen molar-refractivity contribution >= 4 is 11.9 Å². The highest BCUT2D eigenvalue weighted by molar-refractivity contribution is 5.82. The molecule has 0 N–H and O–H groups in total. The van der Waals surface area contributed by atoms with Gasteiger partial charge in [0.1, 0.15) is 0 Å². The normalized spacial score (nSPS) is 29.2. The molecule has 3 aliphatic rings. The summed E-state index contributed by atoms with van der Waals surface area (Å²) in [5, 5.41) is 0. The van der Waals surface area contributed by atoms with Crippen LogP contribution in [0, 0.1) is 12.8 Å². The molecule has 4 rings (SSSR count). The van der Waals surface area contributed by atoms with Gasteiger partial charge in [0.05, 0.1) is 12.0 Å². The van der Waals surface area contributed by atoms with E-state index in [9.17, 15) is 4.79 Å². The van der Waals surface area contributed by atoms with Crippen molar-refractivity contribution < 1.29 is 9.53 Å². The van der Waals surface area contributed by atoms with E-state index < -0.39 is 0 Å². The lowest BCUT2D eigenvalue weighted by atomic mass is 10.2. The van der Waals surface area contributed by atoms with Crippen molar-refractivity contribution in [3.8, 4) is 0 Å². The van der Waals surface area contributed by atoms with Gasteiger partial charge in [-0.3, -0.25) is 9.69 Å². The van der Waals surface area contributed by atoms with Crippen LogP contribution in [0.1, 0.15) is 25.5 Å². The first-order valence-electron chi connectivity index (χ1n) is 9.84. The lowest BCUT2D eigenvalue weighted by molar-refractivity contribution is -0.135. The zero-order valence-electron chi connectivity index (χ0n) is 15.8. The fraction of sp³-hybridized carbons (Fsp3) is 0.737. The van der Waals surface area contributed by atoms with Crippen molar-refractivity contribution in [1.82, 2.24) is 19.8 Å². The molecule has 26 heavy (non-hydrogen) atoms. The van der Waals surface area contributed by atoms with E-state index >= 15 is 0 Å². The molecule has 0 radical (unpaired) electrons. The van der Waals surface area contributed by atoms with Crippen molar-refractivity contribution in [3.05, 3.63) is 18.0 Å². The first-order chi connectivity index (χ1) is 12.7. The Labute approximate surface area is 155 Å². The average molecular weight is 359 g/mol.